The highest BCUT2D eigenvalue weighted by Crippen LogP contribution is 2.41. The Morgan fingerprint density at radius 2 is 0.938 bits per heavy atom. The van der Waals surface area contributed by atoms with Crippen LogP contribution in [0.1, 0.15) is 5.56 Å². The van der Waals surface area contributed by atoms with Crippen LogP contribution in [-0.2, 0) is 0 Å². The Kier molecular flexibility index (Phi) is 7.15. The number of rotatable bonds is 5. The summed E-state index contributed by atoms with van der Waals surface area (Å²) in [6, 6.07) is 43.3. The Hall–Kier alpha value is -7.02. The molecule has 0 N–H and O–H groups in total. The van der Waals surface area contributed by atoms with Crippen LogP contribution in [0.3, 0.4) is 0 Å². The van der Waals surface area contributed by atoms with Gasteiger partial charge in [-0.3, -0.25) is 9.97 Å². The fourth-order valence-electron chi connectivity index (χ4n) is 6.28. The first-order valence-corrected chi connectivity index (χ1v) is 15.4. The van der Waals surface area contributed by atoms with Crippen LogP contribution < -0.4 is 0 Å². The van der Waals surface area contributed by atoms with Crippen molar-refractivity contribution in [2.24, 2.45) is 0 Å². The van der Waals surface area contributed by atoms with Gasteiger partial charge in [0.05, 0.1) is 34.9 Å². The predicted molar refractivity (Wildman–Crippen MR) is 191 cm³/mol. The van der Waals surface area contributed by atoms with Crippen molar-refractivity contribution >= 4 is 27.2 Å². The minimum atomic E-state index is 0.485. The summed E-state index contributed by atoms with van der Waals surface area (Å²) in [6.45, 7) is 7.37. The normalized spacial score (nSPS) is 10.9. The van der Waals surface area contributed by atoms with Crippen molar-refractivity contribution in [3.63, 3.8) is 0 Å². The lowest BCUT2D eigenvalue weighted by Gasteiger charge is -2.16. The van der Waals surface area contributed by atoms with Crippen LogP contribution >= 0.6 is 0 Å². The lowest BCUT2D eigenvalue weighted by atomic mass is 9.89. The summed E-state index contributed by atoms with van der Waals surface area (Å²) in [7, 11) is 0. The van der Waals surface area contributed by atoms with E-state index >= 15 is 0 Å². The van der Waals surface area contributed by atoms with Gasteiger partial charge in [-0.25, -0.2) is 14.8 Å². The van der Waals surface area contributed by atoms with Gasteiger partial charge < -0.3 is 0 Å². The lowest BCUT2D eigenvalue weighted by Crippen LogP contribution is -1.93. The summed E-state index contributed by atoms with van der Waals surface area (Å²) in [5, 5.41) is 13.8. The Labute approximate surface area is 277 Å². The fraction of sp³-hybridized carbons (Fsp3) is 0. The van der Waals surface area contributed by atoms with E-state index in [-0.39, 0.29) is 0 Å². The Bertz CT molecular complexity index is 2430. The Balaban J connectivity index is 1.24. The number of benzene rings is 4. The third-order valence-corrected chi connectivity index (χ3v) is 8.50. The number of fused-ring (bicyclic) bond motifs is 2. The first-order chi connectivity index (χ1) is 23.7. The molecule has 0 aliphatic heterocycles. The minimum absolute atomic E-state index is 0.485. The van der Waals surface area contributed by atoms with Gasteiger partial charge in [0.25, 0.3) is 0 Å². The van der Waals surface area contributed by atoms with E-state index < -0.39 is 0 Å². The van der Waals surface area contributed by atoms with E-state index in [2.05, 4.69) is 93.7 Å². The number of nitriles is 1. The van der Waals surface area contributed by atoms with Gasteiger partial charge >= 0.3 is 0 Å². The summed E-state index contributed by atoms with van der Waals surface area (Å²) in [5.41, 5.74) is 10.1. The molecule has 0 spiro atoms. The molecule has 8 rings (SSSR count). The molecule has 0 aliphatic rings. The van der Waals surface area contributed by atoms with E-state index in [0.29, 0.717) is 11.3 Å². The molecule has 4 aromatic heterocycles. The van der Waals surface area contributed by atoms with E-state index in [1.54, 1.807) is 24.8 Å². The summed E-state index contributed by atoms with van der Waals surface area (Å²) in [4.78, 5) is 22.0. The van der Waals surface area contributed by atoms with Crippen LogP contribution in [0.5, 0.6) is 0 Å². The quantitative estimate of drug-likeness (QED) is 0.181. The van der Waals surface area contributed by atoms with Crippen LogP contribution in [0.2, 0.25) is 0 Å². The predicted octanol–water partition coefficient (Wildman–Crippen LogP) is 10.3. The molecule has 4 heterocycles. The zero-order chi connectivity index (χ0) is 32.5. The van der Waals surface area contributed by atoms with Gasteiger partial charge in [0.1, 0.15) is 6.07 Å². The number of hydrogen-bond acceptors (Lipinski definition) is 5. The molecule has 8 aromatic rings. The minimum Gasteiger partial charge on any atom is -0.276 e. The number of pyridine rings is 4. The van der Waals surface area contributed by atoms with Crippen LogP contribution in [0.25, 0.3) is 82.5 Å². The van der Waals surface area contributed by atoms with Crippen LogP contribution in [0, 0.1) is 17.9 Å². The zero-order valence-corrected chi connectivity index (χ0v) is 25.5. The highest BCUT2D eigenvalue weighted by Gasteiger charge is 2.16. The summed E-state index contributed by atoms with van der Waals surface area (Å²) >= 11 is 0. The van der Waals surface area contributed by atoms with Gasteiger partial charge in [-0.05, 0) is 69.1 Å². The maximum atomic E-state index is 9.37. The average Bonchev–Trinajstić information content (AvgIpc) is 3.17. The summed E-state index contributed by atoms with van der Waals surface area (Å²) in [6.07, 6.45) is 6.59. The topological polar surface area (TPSA) is 79.7 Å². The van der Waals surface area contributed by atoms with Gasteiger partial charge in [0, 0.05) is 47.0 Å². The second kappa shape index (κ2) is 12.1. The fourth-order valence-corrected chi connectivity index (χ4v) is 6.28. The molecular weight excluding hydrogens is 589 g/mol. The molecule has 0 fully saturated rings. The maximum Gasteiger partial charge on any atom is 0.205 e. The monoisotopic (exact) mass is 612 g/mol. The summed E-state index contributed by atoms with van der Waals surface area (Å²) in [5.74, 6) is 0. The molecule has 0 atom stereocenters. The third-order valence-electron chi connectivity index (χ3n) is 8.50. The van der Waals surface area contributed by atoms with Crippen molar-refractivity contribution in [2.45, 2.75) is 0 Å². The van der Waals surface area contributed by atoms with Gasteiger partial charge in [-0.2, -0.15) is 5.26 Å². The number of aromatic nitrogens is 4. The zero-order valence-electron chi connectivity index (χ0n) is 25.5. The van der Waals surface area contributed by atoms with Crippen molar-refractivity contribution in [3.8, 4) is 62.2 Å². The maximum absolute atomic E-state index is 9.37. The van der Waals surface area contributed by atoms with Gasteiger partial charge in [0.2, 0.25) is 5.69 Å². The second-order valence-corrected chi connectivity index (χ2v) is 11.3. The van der Waals surface area contributed by atoms with Crippen LogP contribution in [-0.4, -0.2) is 19.9 Å². The lowest BCUT2D eigenvalue weighted by molar-refractivity contribution is 1.27. The second-order valence-electron chi connectivity index (χ2n) is 11.3. The molecule has 6 heteroatoms. The summed E-state index contributed by atoms with van der Waals surface area (Å²) < 4.78 is 0. The van der Waals surface area contributed by atoms with E-state index in [0.717, 1.165) is 77.7 Å². The molecule has 0 saturated carbocycles. The van der Waals surface area contributed by atoms with Crippen LogP contribution in [0.4, 0.5) is 5.69 Å². The molecule has 4 aromatic carbocycles. The molecule has 0 radical (unpaired) electrons. The van der Waals surface area contributed by atoms with Crippen molar-refractivity contribution in [3.05, 3.63) is 163 Å². The molecule has 0 amide bonds. The number of nitrogens with zero attached hydrogens (tertiary/aromatic N) is 6. The SMILES string of the molecule is [C-]#[N+]c1cncc(-c2cccc(-c3ccc(-c4ccc(-c5cccc(-c6cncc(C#N)c6)n5)c5ccccc45)c4ccccc34)n2)c1. The molecule has 0 unspecified atom stereocenters. The van der Waals surface area contributed by atoms with Gasteiger partial charge in [0.15, 0.2) is 0 Å². The van der Waals surface area contributed by atoms with Crippen LogP contribution in [0.15, 0.2) is 146 Å². The van der Waals surface area contributed by atoms with Gasteiger partial charge in [-0.15, -0.1) is 0 Å². The van der Waals surface area contributed by atoms with Crippen molar-refractivity contribution in [1.82, 2.24) is 19.9 Å². The van der Waals surface area contributed by atoms with Gasteiger partial charge in [-0.1, -0.05) is 84.9 Å². The highest BCUT2D eigenvalue weighted by atomic mass is 14.8. The molecular formula is C42H24N6. The molecule has 0 saturated heterocycles. The van der Waals surface area contributed by atoms with E-state index in [4.69, 9.17) is 16.5 Å². The molecule has 0 bridgehead atoms. The Morgan fingerprint density at radius 1 is 0.479 bits per heavy atom. The van der Waals surface area contributed by atoms with E-state index in [1.807, 2.05) is 48.5 Å². The average molecular weight is 613 g/mol. The molecule has 222 valence electrons. The van der Waals surface area contributed by atoms with Crippen molar-refractivity contribution < 1.29 is 0 Å². The first kappa shape index (κ1) is 28.5. The van der Waals surface area contributed by atoms with E-state index in [9.17, 15) is 5.26 Å². The standard InChI is InChI=1S/C42H24N6/c1-44-30-21-29(25-46-26-30)40-13-7-15-42(48-40)38-19-17-36(32-9-3-5-11-34(32)38)35-16-18-37(33-10-4-2-8-31(33)35)41-14-6-12-39(47-41)28-20-27(22-43)23-45-24-28/h2-21,23-26H. The highest BCUT2D eigenvalue weighted by molar-refractivity contribution is 6.11. The third kappa shape index (κ3) is 5.10. The first-order valence-electron chi connectivity index (χ1n) is 15.4. The van der Waals surface area contributed by atoms with Crippen molar-refractivity contribution in [2.75, 3.05) is 0 Å². The smallest absolute Gasteiger partial charge is 0.205 e. The number of hydrogen-bond donors (Lipinski definition) is 0. The van der Waals surface area contributed by atoms with E-state index in [1.165, 1.54) is 0 Å². The molecule has 48 heavy (non-hydrogen) atoms. The molecule has 0 aliphatic carbocycles. The Morgan fingerprint density at radius 3 is 1.46 bits per heavy atom. The largest absolute Gasteiger partial charge is 0.276 e. The molecule has 6 nitrogen and oxygen atoms in total. The van der Waals surface area contributed by atoms with Crippen molar-refractivity contribution in [1.29, 1.82) is 5.26 Å².